The Bertz CT molecular complexity index is 1110. The Morgan fingerprint density at radius 1 is 0.889 bits per heavy atom. The molecule has 0 amide bonds. The van der Waals surface area contributed by atoms with E-state index in [1.165, 1.54) is 35.1 Å². The van der Waals surface area contributed by atoms with E-state index in [4.69, 9.17) is 21.1 Å². The Balaban J connectivity index is 1.76. The predicted octanol–water partition coefficient (Wildman–Crippen LogP) is 7.66. The zero-order chi connectivity index (χ0) is 19.4. The van der Waals surface area contributed by atoms with Gasteiger partial charge in [-0.15, -0.1) is 0 Å². The van der Waals surface area contributed by atoms with E-state index in [0.717, 1.165) is 5.56 Å². The summed E-state index contributed by atoms with van der Waals surface area (Å²) >= 11 is 4.97. The standard InChI is InChI=1S/C24H26O2S/c1-15(12-16-6-9-20-21(13-16)26-22(27)25-20)17-7-8-18-19(14-17)24(4,5)11-10-23(18,2)3/h6-9,12-14H,10-11H2,1-5H3/b15-12+. The third-order valence-corrected chi connectivity index (χ3v) is 6.21. The van der Waals surface area contributed by atoms with Gasteiger partial charge in [0.05, 0.1) is 0 Å². The minimum atomic E-state index is 0.169. The summed E-state index contributed by atoms with van der Waals surface area (Å²) in [5, 5.41) is 0. The summed E-state index contributed by atoms with van der Waals surface area (Å²) < 4.78 is 10.8. The first kappa shape index (κ1) is 18.2. The van der Waals surface area contributed by atoms with Crippen molar-refractivity contribution in [2.75, 3.05) is 0 Å². The summed E-state index contributed by atoms with van der Waals surface area (Å²) in [4.78, 5) is 0.169. The van der Waals surface area contributed by atoms with Crippen molar-refractivity contribution in [3.05, 3.63) is 63.6 Å². The highest BCUT2D eigenvalue weighted by Crippen LogP contribution is 2.46. The van der Waals surface area contributed by atoms with Crippen LogP contribution in [0.2, 0.25) is 0 Å². The molecule has 3 aromatic rings. The average molecular weight is 379 g/mol. The molecule has 0 unspecified atom stereocenters. The summed E-state index contributed by atoms with van der Waals surface area (Å²) in [5.41, 5.74) is 8.41. The SMILES string of the molecule is C/C(=C\c1ccc2oc(=S)oc2c1)c1ccc2c(c1)C(C)(C)CCC2(C)C. The number of rotatable bonds is 2. The minimum Gasteiger partial charge on any atom is -0.413 e. The minimum absolute atomic E-state index is 0.169. The molecular formula is C24H26O2S. The van der Waals surface area contributed by atoms with Crippen molar-refractivity contribution >= 4 is 35.0 Å². The van der Waals surface area contributed by atoms with E-state index < -0.39 is 0 Å². The smallest absolute Gasteiger partial charge is 0.363 e. The third kappa shape index (κ3) is 3.29. The molecule has 3 heteroatoms. The third-order valence-electron chi connectivity index (χ3n) is 6.05. The fraction of sp³-hybridized carbons (Fsp3) is 0.375. The van der Waals surface area contributed by atoms with Crippen LogP contribution in [-0.2, 0) is 10.8 Å². The van der Waals surface area contributed by atoms with Gasteiger partial charge >= 0.3 is 4.90 Å². The van der Waals surface area contributed by atoms with E-state index in [-0.39, 0.29) is 15.7 Å². The van der Waals surface area contributed by atoms with Crippen molar-refractivity contribution in [3.63, 3.8) is 0 Å². The van der Waals surface area contributed by atoms with Gasteiger partial charge in [-0.25, -0.2) is 0 Å². The number of hydrogen-bond acceptors (Lipinski definition) is 3. The fourth-order valence-corrected chi connectivity index (χ4v) is 4.33. The van der Waals surface area contributed by atoms with E-state index in [2.05, 4.69) is 58.9 Å². The van der Waals surface area contributed by atoms with Gasteiger partial charge in [0.1, 0.15) is 0 Å². The second-order valence-electron chi connectivity index (χ2n) is 9.02. The highest BCUT2D eigenvalue weighted by Gasteiger charge is 2.36. The highest BCUT2D eigenvalue weighted by atomic mass is 32.1. The second-order valence-corrected chi connectivity index (χ2v) is 9.35. The van der Waals surface area contributed by atoms with E-state index >= 15 is 0 Å². The van der Waals surface area contributed by atoms with E-state index in [0.29, 0.717) is 11.2 Å². The van der Waals surface area contributed by atoms with Crippen LogP contribution >= 0.6 is 12.2 Å². The van der Waals surface area contributed by atoms with Crippen molar-refractivity contribution < 1.29 is 8.83 Å². The number of fused-ring (bicyclic) bond motifs is 2. The van der Waals surface area contributed by atoms with E-state index in [1.807, 2.05) is 18.2 Å². The van der Waals surface area contributed by atoms with Gasteiger partial charge in [-0.1, -0.05) is 58.0 Å². The fourth-order valence-electron chi connectivity index (χ4n) is 4.15. The predicted molar refractivity (Wildman–Crippen MR) is 115 cm³/mol. The normalized spacial score (nSPS) is 18.5. The molecule has 0 bridgehead atoms. The molecule has 1 aromatic heterocycles. The molecule has 0 radical (unpaired) electrons. The van der Waals surface area contributed by atoms with Gasteiger partial charge in [0, 0.05) is 12.2 Å². The van der Waals surface area contributed by atoms with Gasteiger partial charge in [-0.3, -0.25) is 0 Å². The maximum Gasteiger partial charge on any atom is 0.363 e. The van der Waals surface area contributed by atoms with Gasteiger partial charge in [-0.05, 0) is 70.6 Å². The van der Waals surface area contributed by atoms with E-state index in [1.54, 1.807) is 0 Å². The van der Waals surface area contributed by atoms with Crippen LogP contribution in [0, 0.1) is 4.90 Å². The molecule has 4 rings (SSSR count). The van der Waals surface area contributed by atoms with Gasteiger partial charge in [-0.2, -0.15) is 0 Å². The van der Waals surface area contributed by atoms with Gasteiger partial charge in [0.15, 0.2) is 11.2 Å². The van der Waals surface area contributed by atoms with Crippen LogP contribution in [0.25, 0.3) is 22.8 Å². The largest absolute Gasteiger partial charge is 0.413 e. The Labute approximate surface area is 165 Å². The molecule has 0 saturated carbocycles. The zero-order valence-electron chi connectivity index (χ0n) is 16.7. The molecule has 0 saturated heterocycles. The van der Waals surface area contributed by atoms with Crippen molar-refractivity contribution in [2.24, 2.45) is 0 Å². The number of allylic oxidation sites excluding steroid dienone is 1. The maximum atomic E-state index is 5.44. The summed E-state index contributed by atoms with van der Waals surface area (Å²) in [6, 6.07) is 12.9. The molecule has 2 aromatic carbocycles. The van der Waals surface area contributed by atoms with Crippen LogP contribution in [-0.4, -0.2) is 0 Å². The van der Waals surface area contributed by atoms with Crippen molar-refractivity contribution in [1.82, 2.24) is 0 Å². The molecule has 0 spiro atoms. The Morgan fingerprint density at radius 2 is 1.56 bits per heavy atom. The molecule has 1 aliphatic carbocycles. The first-order valence-corrected chi connectivity index (χ1v) is 9.94. The molecule has 0 atom stereocenters. The Kier molecular flexibility index (Phi) is 4.19. The highest BCUT2D eigenvalue weighted by molar-refractivity contribution is 7.71. The van der Waals surface area contributed by atoms with Crippen LogP contribution in [0.1, 0.15) is 69.7 Å². The molecule has 140 valence electrons. The van der Waals surface area contributed by atoms with Crippen LogP contribution in [0.5, 0.6) is 0 Å². The lowest BCUT2D eigenvalue weighted by Gasteiger charge is -2.42. The number of benzene rings is 2. The quantitative estimate of drug-likeness (QED) is 0.338. The molecule has 27 heavy (non-hydrogen) atoms. The maximum absolute atomic E-state index is 5.44. The lowest BCUT2D eigenvalue weighted by molar-refractivity contribution is 0.332. The Hall–Kier alpha value is -2.13. The zero-order valence-corrected chi connectivity index (χ0v) is 17.5. The molecule has 0 N–H and O–H groups in total. The lowest BCUT2D eigenvalue weighted by Crippen LogP contribution is -2.33. The van der Waals surface area contributed by atoms with Crippen LogP contribution < -0.4 is 0 Å². The van der Waals surface area contributed by atoms with Gasteiger partial charge in [0.2, 0.25) is 0 Å². The van der Waals surface area contributed by atoms with Crippen LogP contribution in [0.15, 0.2) is 45.2 Å². The lowest BCUT2D eigenvalue weighted by atomic mass is 9.63. The first-order chi connectivity index (χ1) is 12.7. The number of hydrogen-bond donors (Lipinski definition) is 0. The molecule has 1 heterocycles. The molecule has 0 fully saturated rings. The second kappa shape index (κ2) is 6.20. The summed E-state index contributed by atoms with van der Waals surface area (Å²) in [6.07, 6.45) is 4.65. The van der Waals surface area contributed by atoms with Crippen molar-refractivity contribution in [1.29, 1.82) is 0 Å². The monoisotopic (exact) mass is 378 g/mol. The van der Waals surface area contributed by atoms with Crippen LogP contribution in [0.4, 0.5) is 0 Å². The molecule has 0 aliphatic heterocycles. The van der Waals surface area contributed by atoms with Crippen molar-refractivity contribution in [2.45, 2.75) is 58.3 Å². The first-order valence-electron chi connectivity index (χ1n) is 9.53. The average Bonchev–Trinajstić information content (AvgIpc) is 2.98. The summed E-state index contributed by atoms with van der Waals surface area (Å²) in [6.45, 7) is 11.6. The van der Waals surface area contributed by atoms with Gasteiger partial charge < -0.3 is 8.83 Å². The molecule has 1 aliphatic rings. The summed E-state index contributed by atoms with van der Waals surface area (Å²) in [7, 11) is 0. The van der Waals surface area contributed by atoms with E-state index in [9.17, 15) is 0 Å². The van der Waals surface area contributed by atoms with Crippen molar-refractivity contribution in [3.8, 4) is 0 Å². The topological polar surface area (TPSA) is 26.3 Å². The van der Waals surface area contributed by atoms with Gasteiger partial charge in [0.25, 0.3) is 0 Å². The molecular weight excluding hydrogens is 352 g/mol. The summed E-state index contributed by atoms with van der Waals surface area (Å²) in [5.74, 6) is 0. The molecule has 2 nitrogen and oxygen atoms in total. The Morgan fingerprint density at radius 3 is 2.30 bits per heavy atom. The van der Waals surface area contributed by atoms with Crippen LogP contribution in [0.3, 0.4) is 0 Å².